The van der Waals surface area contributed by atoms with Crippen molar-refractivity contribution in [1.29, 1.82) is 0 Å². The Hall–Kier alpha value is -1.85. The summed E-state index contributed by atoms with van der Waals surface area (Å²) < 4.78 is 0. The van der Waals surface area contributed by atoms with Gasteiger partial charge in [-0.2, -0.15) is 0 Å². The minimum absolute atomic E-state index is 0. The van der Waals surface area contributed by atoms with Crippen LogP contribution in [0.1, 0.15) is 16.8 Å². The van der Waals surface area contributed by atoms with E-state index >= 15 is 0 Å². The molecule has 2 unspecified atom stereocenters. The molecule has 0 bridgehead atoms. The van der Waals surface area contributed by atoms with Gasteiger partial charge in [0.05, 0.1) is 5.56 Å². The number of nitrogens with zero attached hydrogens (tertiary/aromatic N) is 1. The Morgan fingerprint density at radius 1 is 1.17 bits per heavy atom. The van der Waals surface area contributed by atoms with Crippen molar-refractivity contribution in [3.63, 3.8) is 0 Å². The monoisotopic (exact) mass is 333 g/mol. The van der Waals surface area contributed by atoms with Crippen molar-refractivity contribution in [2.24, 2.45) is 11.8 Å². The van der Waals surface area contributed by atoms with E-state index in [0.717, 1.165) is 43.5 Å². The number of H-pyrrole nitrogens is 1. The molecule has 1 aromatic heterocycles. The first kappa shape index (κ1) is 16.0. The number of halogens is 1. The summed E-state index contributed by atoms with van der Waals surface area (Å²) in [5, 5.41) is 4.23. The fourth-order valence-electron chi connectivity index (χ4n) is 3.77. The molecule has 23 heavy (non-hydrogen) atoms. The normalized spacial score (nSPS) is 23.4. The number of amides is 1. The third kappa shape index (κ3) is 2.86. The van der Waals surface area contributed by atoms with Gasteiger partial charge in [0.1, 0.15) is 0 Å². The van der Waals surface area contributed by atoms with Crippen molar-refractivity contribution < 1.29 is 4.79 Å². The summed E-state index contributed by atoms with van der Waals surface area (Å²) in [6.45, 7) is 3.63. The molecule has 0 aliphatic carbocycles. The summed E-state index contributed by atoms with van der Waals surface area (Å²) in [5.41, 5.74) is 1.01. The van der Waals surface area contributed by atoms with E-state index in [1.807, 2.05) is 29.2 Å². The number of para-hydroxylation sites is 1. The van der Waals surface area contributed by atoms with Gasteiger partial charge in [-0.25, -0.2) is 0 Å². The topological polar surface area (TPSA) is 65.2 Å². The number of piperidine rings is 1. The zero-order chi connectivity index (χ0) is 15.1. The van der Waals surface area contributed by atoms with E-state index in [0.29, 0.717) is 17.4 Å². The van der Waals surface area contributed by atoms with Gasteiger partial charge in [0, 0.05) is 30.1 Å². The molecular formula is C17H20ClN3O2. The predicted octanol–water partition coefficient (Wildman–Crippen LogP) is 1.63. The lowest BCUT2D eigenvalue weighted by atomic mass is 9.88. The highest BCUT2D eigenvalue weighted by atomic mass is 35.5. The largest absolute Gasteiger partial charge is 0.338 e. The third-order valence-corrected chi connectivity index (χ3v) is 4.97. The highest BCUT2D eigenvalue weighted by Gasteiger charge is 2.35. The van der Waals surface area contributed by atoms with Gasteiger partial charge in [0.25, 0.3) is 5.91 Å². The number of aromatic amines is 1. The Labute approximate surface area is 140 Å². The quantitative estimate of drug-likeness (QED) is 0.833. The second kappa shape index (κ2) is 6.34. The van der Waals surface area contributed by atoms with Crippen LogP contribution in [0.25, 0.3) is 10.9 Å². The van der Waals surface area contributed by atoms with Gasteiger partial charge >= 0.3 is 0 Å². The summed E-state index contributed by atoms with van der Waals surface area (Å²) in [4.78, 5) is 29.4. The molecule has 122 valence electrons. The van der Waals surface area contributed by atoms with Gasteiger partial charge in [0.2, 0.25) is 5.56 Å². The minimum atomic E-state index is -0.223. The molecule has 2 aliphatic heterocycles. The Kier molecular flexibility index (Phi) is 4.41. The molecule has 0 saturated carbocycles. The summed E-state index contributed by atoms with van der Waals surface area (Å²) in [7, 11) is 0. The number of likely N-dealkylation sites (tertiary alicyclic amines) is 1. The maximum absolute atomic E-state index is 12.9. The van der Waals surface area contributed by atoms with Crippen LogP contribution >= 0.6 is 12.4 Å². The maximum Gasteiger partial charge on any atom is 0.254 e. The van der Waals surface area contributed by atoms with Crippen LogP contribution in [-0.4, -0.2) is 42.0 Å². The van der Waals surface area contributed by atoms with Crippen LogP contribution in [0.5, 0.6) is 0 Å². The van der Waals surface area contributed by atoms with Gasteiger partial charge in [-0.1, -0.05) is 18.2 Å². The van der Waals surface area contributed by atoms with E-state index in [1.54, 1.807) is 0 Å². The molecule has 2 atom stereocenters. The van der Waals surface area contributed by atoms with Gasteiger partial charge in [-0.05, 0) is 37.4 Å². The third-order valence-electron chi connectivity index (χ3n) is 4.97. The molecule has 2 fully saturated rings. The summed E-state index contributed by atoms with van der Waals surface area (Å²) in [5.74, 6) is 1.22. The van der Waals surface area contributed by atoms with Crippen molar-refractivity contribution in [3.8, 4) is 0 Å². The van der Waals surface area contributed by atoms with Gasteiger partial charge in [0.15, 0.2) is 0 Å². The Morgan fingerprint density at radius 3 is 2.83 bits per heavy atom. The van der Waals surface area contributed by atoms with Gasteiger partial charge in [-0.15, -0.1) is 12.4 Å². The number of carbonyl (C=O) groups excluding carboxylic acids is 1. The molecule has 2 aromatic rings. The van der Waals surface area contributed by atoms with Crippen LogP contribution in [0.3, 0.4) is 0 Å². The lowest BCUT2D eigenvalue weighted by Crippen LogP contribution is -2.43. The number of rotatable bonds is 1. The summed E-state index contributed by atoms with van der Waals surface area (Å²) in [6.07, 6.45) is 1.05. The summed E-state index contributed by atoms with van der Waals surface area (Å²) >= 11 is 0. The van der Waals surface area contributed by atoms with Crippen molar-refractivity contribution >= 4 is 29.2 Å². The Morgan fingerprint density at radius 2 is 1.96 bits per heavy atom. The van der Waals surface area contributed by atoms with Crippen LogP contribution in [0.2, 0.25) is 0 Å². The zero-order valence-corrected chi connectivity index (χ0v) is 13.6. The zero-order valence-electron chi connectivity index (χ0n) is 12.7. The highest BCUT2D eigenvalue weighted by Crippen LogP contribution is 2.28. The Bertz CT molecular complexity index is 789. The minimum Gasteiger partial charge on any atom is -0.338 e. The second-order valence-corrected chi connectivity index (χ2v) is 6.31. The van der Waals surface area contributed by atoms with E-state index in [1.165, 1.54) is 6.07 Å². The van der Waals surface area contributed by atoms with E-state index in [2.05, 4.69) is 10.3 Å². The molecule has 6 heteroatoms. The number of pyridine rings is 1. The number of hydrogen-bond acceptors (Lipinski definition) is 3. The molecule has 0 spiro atoms. The molecular weight excluding hydrogens is 314 g/mol. The maximum atomic E-state index is 12.9. The first-order valence-electron chi connectivity index (χ1n) is 7.84. The van der Waals surface area contributed by atoms with Gasteiger partial charge < -0.3 is 15.2 Å². The molecule has 5 nitrogen and oxygen atoms in total. The average molecular weight is 334 g/mol. The summed E-state index contributed by atoms with van der Waals surface area (Å²) in [6, 6.07) is 8.92. The van der Waals surface area contributed by atoms with E-state index in [4.69, 9.17) is 0 Å². The molecule has 1 amide bonds. The molecule has 3 heterocycles. The Balaban J connectivity index is 0.00000156. The fraction of sp³-hybridized carbons (Fsp3) is 0.412. The molecule has 2 aliphatic rings. The first-order valence-corrected chi connectivity index (χ1v) is 7.84. The molecule has 2 N–H and O–H groups in total. The fourth-order valence-corrected chi connectivity index (χ4v) is 3.77. The average Bonchev–Trinajstić information content (AvgIpc) is 3.00. The number of benzene rings is 1. The molecule has 4 rings (SSSR count). The van der Waals surface area contributed by atoms with Crippen molar-refractivity contribution in [1.82, 2.24) is 15.2 Å². The smallest absolute Gasteiger partial charge is 0.254 e. The molecule has 1 aromatic carbocycles. The van der Waals surface area contributed by atoms with E-state index in [9.17, 15) is 9.59 Å². The lowest BCUT2D eigenvalue weighted by Gasteiger charge is -2.34. The number of carbonyl (C=O) groups is 1. The molecule has 2 saturated heterocycles. The standard InChI is InChI=1S/C17H19N3O2.ClH/c21-16-7-14(13-3-1-2-4-15(13)19-16)17(22)20-6-5-11-8-18-9-12(11)10-20;/h1-4,7,11-12,18H,5-6,8-10H2,(H,19,21);1H. The van der Waals surface area contributed by atoms with E-state index in [-0.39, 0.29) is 23.9 Å². The number of fused-ring (bicyclic) bond motifs is 2. The number of nitrogens with one attached hydrogen (secondary N) is 2. The number of aromatic nitrogens is 1. The van der Waals surface area contributed by atoms with Crippen molar-refractivity contribution in [3.05, 3.63) is 46.2 Å². The van der Waals surface area contributed by atoms with Crippen LogP contribution in [0, 0.1) is 11.8 Å². The van der Waals surface area contributed by atoms with Crippen molar-refractivity contribution in [2.75, 3.05) is 26.2 Å². The lowest BCUT2D eigenvalue weighted by molar-refractivity contribution is 0.0644. The van der Waals surface area contributed by atoms with Gasteiger partial charge in [-0.3, -0.25) is 9.59 Å². The van der Waals surface area contributed by atoms with Crippen LogP contribution in [-0.2, 0) is 0 Å². The number of hydrogen-bond donors (Lipinski definition) is 2. The van der Waals surface area contributed by atoms with Crippen molar-refractivity contribution in [2.45, 2.75) is 6.42 Å². The van der Waals surface area contributed by atoms with Crippen LogP contribution in [0.4, 0.5) is 0 Å². The highest BCUT2D eigenvalue weighted by molar-refractivity contribution is 6.05. The van der Waals surface area contributed by atoms with Crippen LogP contribution < -0.4 is 10.9 Å². The van der Waals surface area contributed by atoms with Crippen LogP contribution in [0.15, 0.2) is 35.1 Å². The van der Waals surface area contributed by atoms with E-state index < -0.39 is 0 Å². The second-order valence-electron chi connectivity index (χ2n) is 6.31. The SMILES string of the molecule is Cl.O=C(c1cc(=O)[nH]c2ccccc12)N1CCC2CNCC2C1. The first-order chi connectivity index (χ1) is 10.7. The predicted molar refractivity (Wildman–Crippen MR) is 92.2 cm³/mol. The molecule has 0 radical (unpaired) electrons.